The van der Waals surface area contributed by atoms with Crippen molar-refractivity contribution in [3.63, 3.8) is 0 Å². The van der Waals surface area contributed by atoms with E-state index < -0.39 is 0 Å². The minimum absolute atomic E-state index is 0.220. The lowest BCUT2D eigenvalue weighted by molar-refractivity contribution is -0.136. The zero-order valence-corrected chi connectivity index (χ0v) is 20.3. The molecular weight excluding hydrogens is 488 g/mol. The fourth-order valence-corrected chi connectivity index (χ4v) is 5.41. The van der Waals surface area contributed by atoms with Gasteiger partial charge in [0.25, 0.3) is 0 Å². The molecule has 2 aromatic carbocycles. The zero-order valence-electron chi connectivity index (χ0n) is 17.9. The van der Waals surface area contributed by atoms with Crippen LogP contribution in [-0.2, 0) is 4.79 Å². The van der Waals surface area contributed by atoms with Crippen LogP contribution in [0, 0.1) is 5.92 Å². The fraction of sp³-hybridized carbons (Fsp3) is 0.400. The molecule has 0 spiro atoms. The molecule has 7 heteroatoms. The van der Waals surface area contributed by atoms with Gasteiger partial charge in [-0.1, -0.05) is 65.0 Å². The zero-order chi connectivity index (χ0) is 22.1. The molecule has 0 bridgehead atoms. The van der Waals surface area contributed by atoms with Gasteiger partial charge in [-0.2, -0.15) is 0 Å². The minimum Gasteiger partial charge on any atom is -0.339 e. The largest absolute Gasteiger partial charge is 0.339 e. The summed E-state index contributed by atoms with van der Waals surface area (Å²) in [6.07, 6.45) is 5.72. The summed E-state index contributed by atoms with van der Waals surface area (Å²) < 4.78 is 0.976. The lowest BCUT2D eigenvalue weighted by atomic mass is 9.88. The van der Waals surface area contributed by atoms with Crippen LogP contribution in [0.15, 0.2) is 46.9 Å². The van der Waals surface area contributed by atoms with E-state index in [4.69, 9.17) is 21.6 Å². The van der Waals surface area contributed by atoms with Gasteiger partial charge in [0.2, 0.25) is 11.9 Å². The first kappa shape index (κ1) is 21.7. The number of anilines is 1. The Morgan fingerprint density at radius 2 is 1.72 bits per heavy atom. The number of benzene rings is 2. The molecular formula is C25H26BrClN4O. The van der Waals surface area contributed by atoms with Crippen molar-refractivity contribution in [1.29, 1.82) is 0 Å². The van der Waals surface area contributed by atoms with Gasteiger partial charge in [-0.25, -0.2) is 9.97 Å². The fourth-order valence-electron chi connectivity index (χ4n) is 4.82. The number of hydrogen-bond donors (Lipinski definition) is 0. The van der Waals surface area contributed by atoms with E-state index in [1.807, 2.05) is 47.4 Å². The standard InChI is InChI=1S/C25H26BrClN4O/c26-18-10-11-22-20(16-18)23(19-8-4-5-9-21(19)27)29-25(28-22)31-14-12-30(13-15-31)24(32)17-6-2-1-3-7-17/h4-5,8-11,16-17H,1-3,6-7,12-15H2. The van der Waals surface area contributed by atoms with E-state index >= 15 is 0 Å². The highest BCUT2D eigenvalue weighted by molar-refractivity contribution is 9.10. The summed E-state index contributed by atoms with van der Waals surface area (Å²) in [4.78, 5) is 27.0. The number of nitrogens with zero attached hydrogens (tertiary/aromatic N) is 4. The Bertz CT molecular complexity index is 1140. The molecule has 2 heterocycles. The third kappa shape index (κ3) is 4.35. The van der Waals surface area contributed by atoms with Gasteiger partial charge in [-0.3, -0.25) is 4.79 Å². The van der Waals surface area contributed by atoms with Gasteiger partial charge in [0.05, 0.1) is 11.2 Å². The number of hydrogen-bond acceptors (Lipinski definition) is 4. The molecule has 0 atom stereocenters. The average molecular weight is 514 g/mol. The molecule has 2 fully saturated rings. The molecule has 5 nitrogen and oxygen atoms in total. The molecule has 3 aromatic rings. The molecule has 1 saturated carbocycles. The van der Waals surface area contributed by atoms with Crippen LogP contribution in [0.4, 0.5) is 5.95 Å². The van der Waals surface area contributed by atoms with Crippen LogP contribution in [0.5, 0.6) is 0 Å². The monoisotopic (exact) mass is 512 g/mol. The van der Waals surface area contributed by atoms with Gasteiger partial charge in [-0.15, -0.1) is 0 Å². The molecule has 1 aliphatic carbocycles. The highest BCUT2D eigenvalue weighted by atomic mass is 79.9. The highest BCUT2D eigenvalue weighted by Gasteiger charge is 2.29. The van der Waals surface area contributed by atoms with Crippen molar-refractivity contribution in [1.82, 2.24) is 14.9 Å². The number of amides is 1. The molecule has 5 rings (SSSR count). The lowest BCUT2D eigenvalue weighted by Gasteiger charge is -2.37. The number of fused-ring (bicyclic) bond motifs is 1. The summed E-state index contributed by atoms with van der Waals surface area (Å²) in [6.45, 7) is 2.92. The summed E-state index contributed by atoms with van der Waals surface area (Å²) in [6, 6.07) is 13.8. The average Bonchev–Trinajstić information content (AvgIpc) is 2.84. The summed E-state index contributed by atoms with van der Waals surface area (Å²) in [7, 11) is 0. The van der Waals surface area contributed by atoms with Crippen LogP contribution in [0.2, 0.25) is 5.02 Å². The van der Waals surface area contributed by atoms with E-state index in [9.17, 15) is 4.79 Å². The first-order valence-corrected chi connectivity index (χ1v) is 12.5. The smallest absolute Gasteiger partial charge is 0.226 e. The topological polar surface area (TPSA) is 49.3 Å². The molecule has 2 aliphatic rings. The van der Waals surface area contributed by atoms with Crippen LogP contribution in [0.25, 0.3) is 22.2 Å². The molecule has 0 radical (unpaired) electrons. The van der Waals surface area contributed by atoms with Crippen molar-refractivity contribution in [2.24, 2.45) is 5.92 Å². The van der Waals surface area contributed by atoms with Crippen molar-refractivity contribution in [2.45, 2.75) is 32.1 Å². The number of carbonyl (C=O) groups excluding carboxylic acids is 1. The minimum atomic E-state index is 0.220. The predicted molar refractivity (Wildman–Crippen MR) is 133 cm³/mol. The van der Waals surface area contributed by atoms with E-state index in [1.165, 1.54) is 19.3 Å². The van der Waals surface area contributed by atoms with Crippen molar-refractivity contribution in [3.8, 4) is 11.3 Å². The van der Waals surface area contributed by atoms with Crippen LogP contribution >= 0.6 is 27.5 Å². The van der Waals surface area contributed by atoms with Crippen molar-refractivity contribution in [3.05, 3.63) is 52.0 Å². The molecule has 0 unspecified atom stereocenters. The predicted octanol–water partition coefficient (Wildman–Crippen LogP) is 5.94. The lowest BCUT2D eigenvalue weighted by Crippen LogP contribution is -2.51. The van der Waals surface area contributed by atoms with Crippen molar-refractivity contribution >= 4 is 50.3 Å². The molecule has 166 valence electrons. The first-order chi connectivity index (χ1) is 15.6. The molecule has 32 heavy (non-hydrogen) atoms. The van der Waals surface area contributed by atoms with Gasteiger partial charge in [0, 0.05) is 52.5 Å². The third-order valence-corrected chi connectivity index (χ3v) is 7.43. The Balaban J connectivity index is 1.42. The van der Waals surface area contributed by atoms with E-state index in [-0.39, 0.29) is 5.92 Å². The normalized spacial score (nSPS) is 17.7. The van der Waals surface area contributed by atoms with Gasteiger partial charge in [0.15, 0.2) is 0 Å². The Morgan fingerprint density at radius 3 is 2.47 bits per heavy atom. The Kier molecular flexibility index (Phi) is 6.33. The Labute approximate surface area is 201 Å². The number of rotatable bonds is 3. The number of aromatic nitrogens is 2. The molecule has 1 amide bonds. The van der Waals surface area contributed by atoms with E-state index in [0.29, 0.717) is 16.9 Å². The molecule has 1 aromatic heterocycles. The maximum absolute atomic E-state index is 12.9. The van der Waals surface area contributed by atoms with Crippen LogP contribution < -0.4 is 4.90 Å². The number of carbonyl (C=O) groups is 1. The van der Waals surface area contributed by atoms with Crippen LogP contribution in [0.3, 0.4) is 0 Å². The molecule has 0 N–H and O–H groups in total. The maximum Gasteiger partial charge on any atom is 0.226 e. The van der Waals surface area contributed by atoms with Crippen molar-refractivity contribution < 1.29 is 4.79 Å². The summed E-state index contributed by atoms with van der Waals surface area (Å²) in [5.41, 5.74) is 2.61. The van der Waals surface area contributed by atoms with E-state index in [2.05, 4.69) is 20.8 Å². The number of halogens is 2. The Morgan fingerprint density at radius 1 is 0.969 bits per heavy atom. The summed E-state index contributed by atoms with van der Waals surface area (Å²) in [5.74, 6) is 1.25. The van der Waals surface area contributed by atoms with Gasteiger partial charge in [-0.05, 0) is 37.1 Å². The van der Waals surface area contributed by atoms with Crippen LogP contribution in [0.1, 0.15) is 32.1 Å². The Hall–Kier alpha value is -2.18. The van der Waals surface area contributed by atoms with Crippen LogP contribution in [-0.4, -0.2) is 47.0 Å². The second-order valence-corrected chi connectivity index (χ2v) is 9.98. The highest BCUT2D eigenvalue weighted by Crippen LogP contribution is 2.34. The third-order valence-electron chi connectivity index (χ3n) is 6.60. The van der Waals surface area contributed by atoms with Gasteiger partial charge in [0.1, 0.15) is 0 Å². The number of piperazine rings is 1. The van der Waals surface area contributed by atoms with E-state index in [1.54, 1.807) is 0 Å². The SMILES string of the molecule is O=C(C1CCCCC1)N1CCN(c2nc(-c3ccccc3Cl)c3cc(Br)ccc3n2)CC1. The van der Waals surface area contributed by atoms with Gasteiger partial charge >= 0.3 is 0 Å². The summed E-state index contributed by atoms with van der Waals surface area (Å²) in [5, 5.41) is 1.63. The molecule has 1 aliphatic heterocycles. The van der Waals surface area contributed by atoms with Crippen molar-refractivity contribution in [2.75, 3.05) is 31.1 Å². The maximum atomic E-state index is 12.9. The molecule has 1 saturated heterocycles. The second kappa shape index (κ2) is 9.36. The first-order valence-electron chi connectivity index (χ1n) is 11.4. The second-order valence-electron chi connectivity index (χ2n) is 8.66. The van der Waals surface area contributed by atoms with Gasteiger partial charge < -0.3 is 9.80 Å². The quantitative estimate of drug-likeness (QED) is 0.435. The summed E-state index contributed by atoms with van der Waals surface area (Å²) >= 11 is 10.1. The van der Waals surface area contributed by atoms with E-state index in [0.717, 1.165) is 65.7 Å².